The molecule has 0 spiro atoms. The van der Waals surface area contributed by atoms with Crippen LogP contribution in [-0.4, -0.2) is 12.1 Å². The molecule has 0 aliphatic rings. The monoisotopic (exact) mass is 366 g/mol. The van der Waals surface area contributed by atoms with Gasteiger partial charge in [0.25, 0.3) is 0 Å². The summed E-state index contributed by atoms with van der Waals surface area (Å²) in [5, 5.41) is 5.38. The van der Waals surface area contributed by atoms with E-state index in [0.29, 0.717) is 21.6 Å². The van der Waals surface area contributed by atoms with Crippen LogP contribution < -0.4 is 10.9 Å². The number of rotatable bonds is 3. The second-order valence-electron chi connectivity index (χ2n) is 5.51. The Morgan fingerprint density at radius 3 is 2.81 bits per heavy atom. The summed E-state index contributed by atoms with van der Waals surface area (Å²) in [6.07, 6.45) is 2.49. The minimum atomic E-state index is -0.523. The van der Waals surface area contributed by atoms with Gasteiger partial charge in [0.2, 0.25) is 5.43 Å². The van der Waals surface area contributed by atoms with Crippen molar-refractivity contribution in [3.8, 4) is 0 Å². The van der Waals surface area contributed by atoms with Gasteiger partial charge in [-0.15, -0.1) is 0 Å². The third-order valence-electron chi connectivity index (χ3n) is 3.78. The highest BCUT2D eigenvalue weighted by Gasteiger charge is 2.11. The molecule has 0 bridgehead atoms. The van der Waals surface area contributed by atoms with Gasteiger partial charge in [0.15, 0.2) is 5.76 Å². The van der Waals surface area contributed by atoms with Gasteiger partial charge in [0.1, 0.15) is 17.4 Å². The first kappa shape index (κ1) is 16.1. The molecule has 1 amide bonds. The molecular formula is C19H11ClN2O4. The highest BCUT2D eigenvalue weighted by Crippen LogP contribution is 2.19. The summed E-state index contributed by atoms with van der Waals surface area (Å²) in [6, 6.07) is 13.7. The van der Waals surface area contributed by atoms with Crippen molar-refractivity contribution in [2.45, 2.75) is 0 Å². The summed E-state index contributed by atoms with van der Waals surface area (Å²) >= 11 is 5.91. The molecule has 2 aromatic heterocycles. The quantitative estimate of drug-likeness (QED) is 0.439. The molecule has 0 unspecified atom stereocenters. The van der Waals surface area contributed by atoms with Crippen molar-refractivity contribution in [1.29, 1.82) is 0 Å². The molecule has 2 aromatic carbocycles. The molecule has 0 aliphatic carbocycles. The Bertz CT molecular complexity index is 1190. The maximum Gasteiger partial charge on any atom is 0.307 e. The molecule has 7 heteroatoms. The highest BCUT2D eigenvalue weighted by atomic mass is 35.5. The van der Waals surface area contributed by atoms with Crippen LogP contribution in [0, 0.1) is 0 Å². The van der Waals surface area contributed by atoms with Gasteiger partial charge >= 0.3 is 5.91 Å². The molecule has 0 aliphatic heterocycles. The van der Waals surface area contributed by atoms with E-state index < -0.39 is 5.91 Å². The third kappa shape index (κ3) is 2.98. The SMILES string of the molecule is O=C(N/N=C/c1coc2ccc(Cl)cc2c1=O)c1cc2ccccc2o1. The number of hydrogen-bond acceptors (Lipinski definition) is 5. The van der Waals surface area contributed by atoms with Gasteiger partial charge < -0.3 is 8.83 Å². The summed E-state index contributed by atoms with van der Waals surface area (Å²) in [5.74, 6) is -0.397. The number of nitrogens with zero attached hydrogens (tertiary/aromatic N) is 1. The lowest BCUT2D eigenvalue weighted by molar-refractivity contribution is 0.0929. The van der Waals surface area contributed by atoms with Crippen LogP contribution in [0.3, 0.4) is 0 Å². The molecule has 0 saturated heterocycles. The number of hydrogen-bond donors (Lipinski definition) is 1. The van der Waals surface area contributed by atoms with Crippen LogP contribution in [0.4, 0.5) is 0 Å². The van der Waals surface area contributed by atoms with E-state index in [4.69, 9.17) is 20.4 Å². The Kier molecular flexibility index (Phi) is 4.02. The molecule has 4 rings (SSSR count). The van der Waals surface area contributed by atoms with Crippen molar-refractivity contribution >= 4 is 45.7 Å². The summed E-state index contributed by atoms with van der Waals surface area (Å²) in [6.45, 7) is 0. The van der Waals surface area contributed by atoms with Crippen LogP contribution >= 0.6 is 11.6 Å². The summed E-state index contributed by atoms with van der Waals surface area (Å²) in [5.41, 5.74) is 3.24. The molecule has 1 N–H and O–H groups in total. The first-order chi connectivity index (χ1) is 12.6. The summed E-state index contributed by atoms with van der Waals surface area (Å²) < 4.78 is 10.8. The fraction of sp³-hybridized carbons (Fsp3) is 0. The molecule has 0 atom stereocenters. The van der Waals surface area contributed by atoms with E-state index in [-0.39, 0.29) is 16.8 Å². The number of carbonyl (C=O) groups is 1. The lowest BCUT2D eigenvalue weighted by atomic mass is 10.2. The minimum absolute atomic E-state index is 0.126. The van der Waals surface area contributed by atoms with E-state index in [2.05, 4.69) is 10.5 Å². The molecule has 26 heavy (non-hydrogen) atoms. The fourth-order valence-corrected chi connectivity index (χ4v) is 2.69. The number of amides is 1. The fourth-order valence-electron chi connectivity index (χ4n) is 2.52. The molecule has 4 aromatic rings. The Morgan fingerprint density at radius 1 is 1.12 bits per heavy atom. The van der Waals surface area contributed by atoms with Crippen molar-refractivity contribution in [3.05, 3.63) is 81.4 Å². The second-order valence-corrected chi connectivity index (χ2v) is 5.94. The standard InChI is InChI=1S/C19H11ClN2O4/c20-13-5-6-16-14(8-13)18(23)12(10-25-16)9-21-22-19(24)17-7-11-3-1-2-4-15(11)26-17/h1-10H,(H,22,24)/b21-9+. The van der Waals surface area contributed by atoms with Crippen LogP contribution in [-0.2, 0) is 0 Å². The number of furan rings is 1. The van der Waals surface area contributed by atoms with Crippen LogP contribution in [0.15, 0.2) is 73.5 Å². The van der Waals surface area contributed by atoms with Gasteiger partial charge in [-0.25, -0.2) is 5.43 Å². The van der Waals surface area contributed by atoms with Crippen LogP contribution in [0.1, 0.15) is 16.1 Å². The minimum Gasteiger partial charge on any atom is -0.463 e. The Morgan fingerprint density at radius 2 is 1.96 bits per heavy atom. The second kappa shape index (κ2) is 6.50. The maximum atomic E-state index is 12.4. The molecule has 0 radical (unpaired) electrons. The molecule has 0 fully saturated rings. The predicted molar refractivity (Wildman–Crippen MR) is 98.8 cm³/mol. The van der Waals surface area contributed by atoms with Crippen LogP contribution in [0.25, 0.3) is 21.9 Å². The number of para-hydroxylation sites is 1. The number of nitrogens with one attached hydrogen (secondary N) is 1. The topological polar surface area (TPSA) is 84.8 Å². The zero-order chi connectivity index (χ0) is 18.1. The van der Waals surface area contributed by atoms with Gasteiger partial charge in [0, 0.05) is 10.4 Å². The first-order valence-electron chi connectivity index (χ1n) is 7.65. The highest BCUT2D eigenvalue weighted by molar-refractivity contribution is 6.31. The Balaban J connectivity index is 1.56. The van der Waals surface area contributed by atoms with E-state index in [9.17, 15) is 9.59 Å². The van der Waals surface area contributed by atoms with Crippen molar-refractivity contribution in [1.82, 2.24) is 5.43 Å². The zero-order valence-electron chi connectivity index (χ0n) is 13.2. The molecular weight excluding hydrogens is 356 g/mol. The van der Waals surface area contributed by atoms with Gasteiger partial charge in [-0.05, 0) is 30.3 Å². The van der Waals surface area contributed by atoms with Crippen molar-refractivity contribution in [2.24, 2.45) is 5.10 Å². The summed E-state index contributed by atoms with van der Waals surface area (Å²) in [7, 11) is 0. The van der Waals surface area contributed by atoms with E-state index in [0.717, 1.165) is 5.39 Å². The number of fused-ring (bicyclic) bond motifs is 2. The predicted octanol–water partition coefficient (Wildman–Crippen LogP) is 3.96. The lowest BCUT2D eigenvalue weighted by Crippen LogP contribution is -2.18. The molecule has 0 saturated carbocycles. The number of halogens is 1. The lowest BCUT2D eigenvalue weighted by Gasteiger charge is -1.99. The normalized spacial score (nSPS) is 11.4. The smallest absolute Gasteiger partial charge is 0.307 e. The zero-order valence-corrected chi connectivity index (χ0v) is 14.0. The van der Waals surface area contributed by atoms with E-state index in [1.165, 1.54) is 18.5 Å². The molecule has 2 heterocycles. The van der Waals surface area contributed by atoms with Gasteiger partial charge in [-0.2, -0.15) is 5.10 Å². The van der Waals surface area contributed by atoms with Crippen molar-refractivity contribution in [3.63, 3.8) is 0 Å². The van der Waals surface area contributed by atoms with Crippen LogP contribution in [0.5, 0.6) is 0 Å². The first-order valence-corrected chi connectivity index (χ1v) is 8.03. The Labute approximate surface area is 151 Å². The van der Waals surface area contributed by atoms with E-state index in [1.807, 2.05) is 18.2 Å². The van der Waals surface area contributed by atoms with Gasteiger partial charge in [0.05, 0.1) is 17.2 Å². The van der Waals surface area contributed by atoms with Crippen molar-refractivity contribution < 1.29 is 13.6 Å². The summed E-state index contributed by atoms with van der Waals surface area (Å²) in [4.78, 5) is 24.5. The van der Waals surface area contributed by atoms with Crippen LogP contribution in [0.2, 0.25) is 5.02 Å². The molecule has 6 nitrogen and oxygen atoms in total. The third-order valence-corrected chi connectivity index (χ3v) is 4.02. The number of benzene rings is 2. The molecule has 128 valence electrons. The average molecular weight is 367 g/mol. The maximum absolute atomic E-state index is 12.4. The van der Waals surface area contributed by atoms with Gasteiger partial charge in [-0.3, -0.25) is 9.59 Å². The Hall–Kier alpha value is -3.38. The van der Waals surface area contributed by atoms with E-state index in [1.54, 1.807) is 24.3 Å². The van der Waals surface area contributed by atoms with Crippen molar-refractivity contribution in [2.75, 3.05) is 0 Å². The number of hydrazone groups is 1. The largest absolute Gasteiger partial charge is 0.463 e. The van der Waals surface area contributed by atoms with Gasteiger partial charge in [-0.1, -0.05) is 29.8 Å². The average Bonchev–Trinajstić information content (AvgIpc) is 3.08. The number of carbonyl (C=O) groups excluding carboxylic acids is 1. The van der Waals surface area contributed by atoms with E-state index >= 15 is 0 Å².